The standard InChI is InChI=1S/C29H24FN5O4S/c1-29(2)38-15-22(39-29)14-36-21-10-6-17(7-11-21)24-23(12-31)28(35-26(32)25(24)33-3)40-16-20-13-37-27(34-20)18-4-8-19(30)9-5-18/h4-11,13,22H,14-16H2,1-2H3,(H2,32,35)/t22-/m1/s1. The van der Waals surface area contributed by atoms with Crippen molar-refractivity contribution in [2.45, 2.75) is 36.5 Å². The largest absolute Gasteiger partial charge is 0.491 e. The molecule has 11 heteroatoms. The first-order chi connectivity index (χ1) is 19.3. The van der Waals surface area contributed by atoms with E-state index >= 15 is 0 Å². The van der Waals surface area contributed by atoms with Gasteiger partial charge in [0.1, 0.15) is 47.5 Å². The number of nitriles is 1. The van der Waals surface area contributed by atoms with Crippen LogP contribution < -0.4 is 10.5 Å². The number of anilines is 1. The zero-order valence-corrected chi connectivity index (χ0v) is 22.5. The van der Waals surface area contributed by atoms with E-state index in [1.807, 2.05) is 13.8 Å². The van der Waals surface area contributed by atoms with E-state index in [0.717, 1.165) is 0 Å². The quantitative estimate of drug-likeness (QED) is 0.195. The van der Waals surface area contributed by atoms with E-state index in [4.69, 9.17) is 30.9 Å². The summed E-state index contributed by atoms with van der Waals surface area (Å²) in [4.78, 5) is 12.4. The second-order valence-corrected chi connectivity index (χ2v) is 10.3. The van der Waals surface area contributed by atoms with Crippen LogP contribution in [0.5, 0.6) is 5.75 Å². The molecule has 0 unspecified atom stereocenters. The zero-order chi connectivity index (χ0) is 28.3. The first-order valence-electron chi connectivity index (χ1n) is 12.3. The molecule has 1 aliphatic rings. The molecule has 5 rings (SSSR count). The molecule has 1 aliphatic heterocycles. The van der Waals surface area contributed by atoms with Crippen molar-refractivity contribution in [2.24, 2.45) is 0 Å². The van der Waals surface area contributed by atoms with Crippen molar-refractivity contribution in [3.63, 3.8) is 0 Å². The molecular formula is C29H24FN5O4S. The highest BCUT2D eigenvalue weighted by molar-refractivity contribution is 7.98. The van der Waals surface area contributed by atoms with E-state index in [1.54, 1.807) is 36.4 Å². The Morgan fingerprint density at radius 2 is 1.90 bits per heavy atom. The minimum atomic E-state index is -0.628. The molecule has 0 saturated carbocycles. The molecule has 40 heavy (non-hydrogen) atoms. The number of pyridine rings is 1. The molecule has 4 aromatic rings. The van der Waals surface area contributed by atoms with Crippen molar-refractivity contribution < 1.29 is 23.0 Å². The monoisotopic (exact) mass is 557 g/mol. The maximum atomic E-state index is 13.2. The van der Waals surface area contributed by atoms with E-state index in [-0.39, 0.29) is 29.0 Å². The normalized spacial score (nSPS) is 15.9. The molecule has 0 amide bonds. The lowest BCUT2D eigenvalue weighted by Crippen LogP contribution is -2.25. The number of nitrogen functional groups attached to an aromatic ring is 1. The third-order valence-electron chi connectivity index (χ3n) is 6.03. The number of nitrogens with zero attached hydrogens (tertiary/aromatic N) is 4. The van der Waals surface area contributed by atoms with Crippen LogP contribution in [0.3, 0.4) is 0 Å². The fourth-order valence-corrected chi connectivity index (χ4v) is 5.04. The summed E-state index contributed by atoms with van der Waals surface area (Å²) in [6.45, 7) is 12.2. The summed E-state index contributed by atoms with van der Waals surface area (Å²) in [7, 11) is 0. The van der Waals surface area contributed by atoms with Gasteiger partial charge in [0.15, 0.2) is 5.79 Å². The van der Waals surface area contributed by atoms with Crippen molar-refractivity contribution >= 4 is 23.3 Å². The van der Waals surface area contributed by atoms with Crippen LogP contribution in [0.2, 0.25) is 0 Å². The summed E-state index contributed by atoms with van der Waals surface area (Å²) in [5.74, 6) is 0.346. The van der Waals surface area contributed by atoms with Gasteiger partial charge in [-0.1, -0.05) is 23.9 Å². The molecule has 2 aromatic carbocycles. The highest BCUT2D eigenvalue weighted by atomic mass is 32.2. The summed E-state index contributed by atoms with van der Waals surface area (Å²) >= 11 is 1.25. The minimum Gasteiger partial charge on any atom is -0.491 e. The lowest BCUT2D eigenvalue weighted by molar-refractivity contribution is -0.141. The van der Waals surface area contributed by atoms with Gasteiger partial charge in [-0.2, -0.15) is 5.26 Å². The third kappa shape index (κ3) is 5.92. The fourth-order valence-electron chi connectivity index (χ4n) is 4.17. The number of thioether (sulfide) groups is 1. The van der Waals surface area contributed by atoms with Crippen LogP contribution >= 0.6 is 11.8 Å². The van der Waals surface area contributed by atoms with Crippen molar-refractivity contribution in [1.82, 2.24) is 9.97 Å². The average Bonchev–Trinajstić information content (AvgIpc) is 3.56. The molecular weight excluding hydrogens is 533 g/mol. The van der Waals surface area contributed by atoms with E-state index < -0.39 is 5.79 Å². The number of aromatic nitrogens is 2. The first kappa shape index (κ1) is 27.2. The Hall–Kier alpha value is -4.42. The molecule has 0 spiro atoms. The fraction of sp³-hybridized carbons (Fsp3) is 0.241. The van der Waals surface area contributed by atoms with Gasteiger partial charge in [-0.05, 0) is 55.8 Å². The Labute approximate surface area is 234 Å². The van der Waals surface area contributed by atoms with Crippen molar-refractivity contribution in [1.29, 1.82) is 5.26 Å². The zero-order valence-electron chi connectivity index (χ0n) is 21.7. The Bertz CT molecular complexity index is 1610. The van der Waals surface area contributed by atoms with Gasteiger partial charge in [0.05, 0.1) is 24.4 Å². The lowest BCUT2D eigenvalue weighted by Gasteiger charge is -2.17. The number of hydrogen-bond acceptors (Lipinski definition) is 9. The van der Waals surface area contributed by atoms with Gasteiger partial charge in [0.25, 0.3) is 0 Å². The van der Waals surface area contributed by atoms with Gasteiger partial charge in [0.2, 0.25) is 11.6 Å². The van der Waals surface area contributed by atoms with Crippen LogP contribution in [0.4, 0.5) is 15.9 Å². The van der Waals surface area contributed by atoms with Crippen LogP contribution in [-0.4, -0.2) is 35.1 Å². The summed E-state index contributed by atoms with van der Waals surface area (Å²) in [6, 6.07) is 15.1. The van der Waals surface area contributed by atoms with Crippen molar-refractivity contribution in [3.05, 3.63) is 83.3 Å². The molecule has 2 N–H and O–H groups in total. The van der Waals surface area contributed by atoms with Gasteiger partial charge in [0, 0.05) is 16.9 Å². The number of benzene rings is 2. The van der Waals surface area contributed by atoms with Gasteiger partial charge in [-0.25, -0.2) is 19.2 Å². The highest BCUT2D eigenvalue weighted by Crippen LogP contribution is 2.42. The van der Waals surface area contributed by atoms with Gasteiger partial charge in [-0.15, -0.1) is 0 Å². The Kier molecular flexibility index (Phi) is 7.71. The molecule has 202 valence electrons. The number of oxazole rings is 1. The number of rotatable bonds is 8. The molecule has 0 radical (unpaired) electrons. The number of halogens is 1. The lowest BCUT2D eigenvalue weighted by atomic mass is 10.00. The summed E-state index contributed by atoms with van der Waals surface area (Å²) < 4.78 is 36.0. The van der Waals surface area contributed by atoms with E-state index in [0.29, 0.717) is 58.0 Å². The van der Waals surface area contributed by atoms with Crippen LogP contribution in [0.15, 0.2) is 64.2 Å². The second-order valence-electron chi connectivity index (χ2n) is 9.35. The van der Waals surface area contributed by atoms with Crippen molar-refractivity contribution in [2.75, 3.05) is 18.9 Å². The molecule has 1 fully saturated rings. The van der Waals surface area contributed by atoms with E-state index in [9.17, 15) is 9.65 Å². The first-order valence-corrected chi connectivity index (χ1v) is 13.2. The Morgan fingerprint density at radius 1 is 1.18 bits per heavy atom. The topological polar surface area (TPSA) is 121 Å². The van der Waals surface area contributed by atoms with E-state index in [2.05, 4.69) is 20.9 Å². The van der Waals surface area contributed by atoms with Gasteiger partial charge in [-0.3, -0.25) is 0 Å². The number of hydrogen-bond donors (Lipinski definition) is 1. The highest BCUT2D eigenvalue weighted by Gasteiger charge is 2.33. The molecule has 9 nitrogen and oxygen atoms in total. The predicted molar refractivity (Wildman–Crippen MR) is 147 cm³/mol. The molecule has 0 aliphatic carbocycles. The van der Waals surface area contributed by atoms with Gasteiger partial charge < -0.3 is 24.4 Å². The number of ether oxygens (including phenoxy) is 3. The molecule has 1 saturated heterocycles. The average molecular weight is 558 g/mol. The summed E-state index contributed by atoms with van der Waals surface area (Å²) in [5, 5.41) is 10.5. The third-order valence-corrected chi connectivity index (χ3v) is 7.04. The molecule has 3 heterocycles. The van der Waals surface area contributed by atoms with Crippen LogP contribution in [0, 0.1) is 23.7 Å². The van der Waals surface area contributed by atoms with Gasteiger partial charge >= 0.3 is 0 Å². The van der Waals surface area contributed by atoms with Crippen LogP contribution in [-0.2, 0) is 15.2 Å². The molecule has 1 atom stereocenters. The predicted octanol–water partition coefficient (Wildman–Crippen LogP) is 6.37. The SMILES string of the molecule is [C-]#[N+]c1c(N)nc(SCc2coc(-c3ccc(F)cc3)n2)c(C#N)c1-c1ccc(OC[C@@H]2COC(C)(C)O2)cc1. The van der Waals surface area contributed by atoms with Crippen LogP contribution in [0.1, 0.15) is 25.1 Å². The number of nitrogens with two attached hydrogens (primary N) is 1. The van der Waals surface area contributed by atoms with Crippen molar-refractivity contribution in [3.8, 4) is 34.4 Å². The molecule has 2 aromatic heterocycles. The smallest absolute Gasteiger partial charge is 0.236 e. The maximum Gasteiger partial charge on any atom is 0.236 e. The summed E-state index contributed by atoms with van der Waals surface area (Å²) in [6.07, 6.45) is 1.32. The van der Waals surface area contributed by atoms with E-state index in [1.165, 1.54) is 30.2 Å². The minimum absolute atomic E-state index is 0.0278. The Balaban J connectivity index is 1.35. The summed E-state index contributed by atoms with van der Waals surface area (Å²) in [5.41, 5.74) is 8.78. The maximum absolute atomic E-state index is 13.2. The second kappa shape index (κ2) is 11.4. The molecule has 0 bridgehead atoms. The van der Waals surface area contributed by atoms with Crippen LogP contribution in [0.25, 0.3) is 27.4 Å². The Morgan fingerprint density at radius 3 is 2.55 bits per heavy atom.